The Kier molecular flexibility index (Phi) is 18.2. The lowest BCUT2D eigenvalue weighted by Crippen LogP contribution is -2.44. The number of rotatable bonds is 22. The van der Waals surface area contributed by atoms with Gasteiger partial charge in [-0.3, -0.25) is 14.4 Å². The Balaban J connectivity index is 1.98. The van der Waals surface area contributed by atoms with Crippen molar-refractivity contribution in [3.63, 3.8) is 0 Å². The molecule has 0 bridgehead atoms. The second kappa shape index (κ2) is 22.1. The number of alkyl carbamates (subject to hydrolysis) is 1. The summed E-state index contributed by atoms with van der Waals surface area (Å²) in [5.41, 5.74) is 1.90. The molecule has 0 saturated carbocycles. The lowest BCUT2D eigenvalue weighted by molar-refractivity contribution is -0.150. The quantitative estimate of drug-likeness (QED) is 0.0840. The molecule has 0 spiro atoms. The molecule has 0 radical (unpaired) electrons. The highest BCUT2D eigenvalue weighted by Crippen LogP contribution is 2.16. The minimum Gasteiger partial charge on any atom is -0.463 e. The zero-order chi connectivity index (χ0) is 33.6. The minimum atomic E-state index is -0.686. The van der Waals surface area contributed by atoms with Crippen molar-refractivity contribution in [3.8, 4) is 0 Å². The summed E-state index contributed by atoms with van der Waals surface area (Å²) < 4.78 is 11.0. The molecule has 0 fully saturated rings. The summed E-state index contributed by atoms with van der Waals surface area (Å²) in [6.45, 7) is 9.45. The van der Waals surface area contributed by atoms with Crippen molar-refractivity contribution < 1.29 is 33.8 Å². The van der Waals surface area contributed by atoms with Crippen molar-refractivity contribution in [2.75, 3.05) is 19.8 Å². The average Bonchev–Trinajstić information content (AvgIpc) is 3.06. The van der Waals surface area contributed by atoms with Crippen molar-refractivity contribution in [2.24, 2.45) is 11.8 Å². The molecule has 2 rings (SSSR count). The second-order valence-electron chi connectivity index (χ2n) is 11.3. The van der Waals surface area contributed by atoms with Gasteiger partial charge in [0.25, 0.3) is 0 Å². The van der Waals surface area contributed by atoms with E-state index >= 15 is 0 Å². The fraction of sp³-hybridized carbons (Fsp3) is 0.444. The van der Waals surface area contributed by atoms with Gasteiger partial charge < -0.3 is 30.5 Å². The van der Waals surface area contributed by atoms with Crippen LogP contribution in [0.4, 0.5) is 4.79 Å². The topological polar surface area (TPSA) is 143 Å². The number of esters is 1. The number of aliphatic hydroxyl groups is 1. The molecule has 0 aliphatic carbocycles. The van der Waals surface area contributed by atoms with Gasteiger partial charge in [-0.05, 0) is 56.6 Å². The van der Waals surface area contributed by atoms with E-state index in [-0.39, 0.29) is 50.4 Å². The summed E-state index contributed by atoms with van der Waals surface area (Å²) in [5.74, 6) is -2.21. The van der Waals surface area contributed by atoms with E-state index in [0.29, 0.717) is 38.6 Å². The molecular formula is C36H49N3O7. The number of carbonyl (C=O) groups excluding carboxylic acids is 4. The molecule has 4 N–H and O–H groups in total. The smallest absolute Gasteiger partial charge is 0.407 e. The molecule has 0 heterocycles. The third kappa shape index (κ3) is 15.5. The highest BCUT2D eigenvalue weighted by atomic mass is 16.5. The van der Waals surface area contributed by atoms with E-state index in [2.05, 4.69) is 29.1 Å². The number of benzene rings is 2. The molecule has 3 amide bonds. The molecule has 4 atom stereocenters. The van der Waals surface area contributed by atoms with Gasteiger partial charge in [0, 0.05) is 19.0 Å². The monoisotopic (exact) mass is 635 g/mol. The Morgan fingerprint density at radius 3 is 2.11 bits per heavy atom. The van der Waals surface area contributed by atoms with E-state index < -0.39 is 30.0 Å². The molecule has 0 unspecified atom stereocenters. The summed E-state index contributed by atoms with van der Waals surface area (Å²) in [6.07, 6.45) is 5.57. The van der Waals surface area contributed by atoms with Gasteiger partial charge in [0.15, 0.2) is 0 Å². The second-order valence-corrected chi connectivity index (χ2v) is 11.3. The Morgan fingerprint density at radius 1 is 0.848 bits per heavy atom. The van der Waals surface area contributed by atoms with Gasteiger partial charge in [0.2, 0.25) is 11.8 Å². The fourth-order valence-electron chi connectivity index (χ4n) is 4.75. The van der Waals surface area contributed by atoms with Crippen molar-refractivity contribution in [1.29, 1.82) is 0 Å². The third-order valence-corrected chi connectivity index (χ3v) is 7.28. The van der Waals surface area contributed by atoms with Crippen LogP contribution >= 0.6 is 0 Å². The van der Waals surface area contributed by atoms with Crippen LogP contribution in [0.25, 0.3) is 0 Å². The number of allylic oxidation sites excluding steroid dienone is 2. The Morgan fingerprint density at radius 2 is 1.48 bits per heavy atom. The lowest BCUT2D eigenvalue weighted by Gasteiger charge is -2.24. The number of amides is 3. The van der Waals surface area contributed by atoms with Crippen LogP contribution in [0.2, 0.25) is 0 Å². The van der Waals surface area contributed by atoms with Crippen molar-refractivity contribution in [3.05, 3.63) is 97.1 Å². The SMILES string of the molecule is C=CC[C@H](CC(=O)N[C@H](C)CO)C(=O)N[C@@H](CCCCNC(=O)OCc1ccccc1)COC(=O)[C@H](CC=C)Cc1ccccc1. The van der Waals surface area contributed by atoms with Gasteiger partial charge >= 0.3 is 12.1 Å². The molecule has 0 aliphatic rings. The summed E-state index contributed by atoms with van der Waals surface area (Å²) in [6, 6.07) is 18.1. The first-order valence-electron chi connectivity index (χ1n) is 15.8. The molecule has 250 valence electrons. The van der Waals surface area contributed by atoms with Gasteiger partial charge in [0.1, 0.15) is 13.2 Å². The predicted molar refractivity (Wildman–Crippen MR) is 177 cm³/mol. The third-order valence-electron chi connectivity index (χ3n) is 7.28. The van der Waals surface area contributed by atoms with Crippen molar-refractivity contribution in [1.82, 2.24) is 16.0 Å². The molecule has 2 aromatic rings. The zero-order valence-corrected chi connectivity index (χ0v) is 26.8. The highest BCUT2D eigenvalue weighted by molar-refractivity contribution is 5.86. The summed E-state index contributed by atoms with van der Waals surface area (Å²) in [5, 5.41) is 17.6. The van der Waals surface area contributed by atoms with E-state index in [0.717, 1.165) is 11.1 Å². The first kappa shape index (κ1) is 37.7. The van der Waals surface area contributed by atoms with Crippen LogP contribution in [0, 0.1) is 11.8 Å². The molecular weight excluding hydrogens is 586 g/mol. The van der Waals surface area contributed by atoms with Gasteiger partial charge in [-0.15, -0.1) is 13.2 Å². The number of unbranched alkanes of at least 4 members (excludes halogenated alkanes) is 1. The van der Waals surface area contributed by atoms with Crippen LogP contribution in [0.15, 0.2) is 86.0 Å². The molecule has 0 aliphatic heterocycles. The number of hydrogen-bond acceptors (Lipinski definition) is 7. The van der Waals surface area contributed by atoms with Gasteiger partial charge in [-0.25, -0.2) is 4.79 Å². The van der Waals surface area contributed by atoms with E-state index in [9.17, 15) is 24.3 Å². The Hall–Kier alpha value is -4.44. The number of hydrogen-bond donors (Lipinski definition) is 4. The van der Waals surface area contributed by atoms with E-state index in [1.807, 2.05) is 60.7 Å². The van der Waals surface area contributed by atoms with E-state index in [4.69, 9.17) is 9.47 Å². The summed E-state index contributed by atoms with van der Waals surface area (Å²) in [7, 11) is 0. The average molecular weight is 636 g/mol. The Labute approximate surface area is 272 Å². The predicted octanol–water partition coefficient (Wildman–Crippen LogP) is 4.63. The molecule has 0 saturated heterocycles. The minimum absolute atomic E-state index is 0.0475. The standard InChI is InChI=1S/C36H49N3O7/c1-4-14-30(23-33(41)38-27(3)24-40)34(42)39-32(20-12-13-21-37-36(44)46-25-29-18-10-7-11-19-29)26-45-35(43)31(15-5-2)22-28-16-8-6-9-17-28/h4-11,16-19,27,30-32,40H,1-2,12-15,20-26H2,3H3,(H,37,44)(H,38,41)(H,39,42)/t27-,30-,31-,32+/m1/s1. The molecule has 2 aromatic carbocycles. The van der Waals surface area contributed by atoms with E-state index in [1.165, 1.54) is 0 Å². The van der Waals surface area contributed by atoms with Crippen LogP contribution in [0.3, 0.4) is 0 Å². The highest BCUT2D eigenvalue weighted by Gasteiger charge is 2.26. The Bertz CT molecular complexity index is 1220. The van der Waals surface area contributed by atoms with Gasteiger partial charge in [-0.2, -0.15) is 0 Å². The number of aliphatic hydroxyl groups excluding tert-OH is 1. The molecule has 46 heavy (non-hydrogen) atoms. The summed E-state index contributed by atoms with van der Waals surface area (Å²) >= 11 is 0. The van der Waals surface area contributed by atoms with Crippen LogP contribution in [0.5, 0.6) is 0 Å². The molecule has 10 nitrogen and oxygen atoms in total. The normalized spacial score (nSPS) is 13.3. The maximum Gasteiger partial charge on any atom is 0.407 e. The number of nitrogens with one attached hydrogen (secondary N) is 3. The lowest BCUT2D eigenvalue weighted by atomic mass is 9.96. The summed E-state index contributed by atoms with van der Waals surface area (Å²) in [4.78, 5) is 51.0. The van der Waals surface area contributed by atoms with Crippen LogP contribution in [0.1, 0.15) is 56.6 Å². The largest absolute Gasteiger partial charge is 0.463 e. The van der Waals surface area contributed by atoms with Gasteiger partial charge in [-0.1, -0.05) is 72.8 Å². The van der Waals surface area contributed by atoms with Crippen molar-refractivity contribution in [2.45, 2.75) is 70.6 Å². The fourth-order valence-corrected chi connectivity index (χ4v) is 4.75. The maximum atomic E-state index is 13.3. The number of carbonyl (C=O) groups is 4. The maximum absolute atomic E-state index is 13.3. The van der Waals surface area contributed by atoms with Crippen molar-refractivity contribution >= 4 is 23.9 Å². The first-order valence-corrected chi connectivity index (χ1v) is 15.8. The van der Waals surface area contributed by atoms with E-state index in [1.54, 1.807) is 19.1 Å². The van der Waals surface area contributed by atoms with Gasteiger partial charge in [0.05, 0.1) is 24.5 Å². The van der Waals surface area contributed by atoms with Crippen LogP contribution < -0.4 is 16.0 Å². The zero-order valence-electron chi connectivity index (χ0n) is 26.8. The number of ether oxygens (including phenoxy) is 2. The van der Waals surface area contributed by atoms with Crippen LogP contribution in [-0.4, -0.2) is 60.8 Å². The van der Waals surface area contributed by atoms with Crippen LogP contribution in [-0.2, 0) is 36.9 Å². The molecule has 10 heteroatoms. The first-order chi connectivity index (χ1) is 22.2. The molecule has 0 aromatic heterocycles.